The van der Waals surface area contributed by atoms with Gasteiger partial charge in [0.1, 0.15) is 0 Å². The molecule has 0 fully saturated rings. The number of rotatable bonds is 18. The third-order valence-electron chi connectivity index (χ3n) is 4.26. The van der Waals surface area contributed by atoms with Gasteiger partial charge in [0.15, 0.2) is 0 Å². The average molecular weight is 440 g/mol. The first kappa shape index (κ1) is 25.7. The Morgan fingerprint density at radius 2 is 1.12 bits per heavy atom. The number of unbranched alkanes of at least 4 members (excludes halogenated alkanes) is 11. The van der Waals surface area contributed by atoms with Gasteiger partial charge in [0.2, 0.25) is 0 Å². The molecule has 0 aliphatic heterocycles. The van der Waals surface area contributed by atoms with Crippen LogP contribution in [0.1, 0.15) is 84.0 Å². The van der Waals surface area contributed by atoms with Crippen LogP contribution in [-0.4, -0.2) is 26.8 Å². The molecule has 1 unspecified atom stereocenters. The molecule has 6 heteroatoms. The van der Waals surface area contributed by atoms with Crippen LogP contribution < -0.4 is 4.89 Å². The van der Waals surface area contributed by atoms with Crippen molar-refractivity contribution in [3.63, 3.8) is 0 Å². The zero-order valence-corrected chi connectivity index (χ0v) is 19.9. The van der Waals surface area contributed by atoms with E-state index in [0.29, 0.717) is 0 Å². The molecule has 1 radical (unpaired) electrons. The van der Waals surface area contributed by atoms with E-state index in [9.17, 15) is 9.46 Å². The summed E-state index contributed by atoms with van der Waals surface area (Å²) in [6.45, 7) is 2.78. The molecule has 25 heavy (non-hydrogen) atoms. The normalized spacial score (nSPS) is 14.6. The fourth-order valence-corrected chi connectivity index (χ4v) is 4.98. The number of hydrogen-bond donors (Lipinski definition) is 0. The van der Waals surface area contributed by atoms with E-state index in [-0.39, 0.29) is 13.2 Å². The second-order valence-electron chi connectivity index (χ2n) is 8.02. The predicted molar refractivity (Wildman–Crippen MR) is 109 cm³/mol. The number of phosphoric acid groups is 1. The molecule has 0 aliphatic rings. The van der Waals surface area contributed by atoms with Crippen LogP contribution in [0.15, 0.2) is 0 Å². The van der Waals surface area contributed by atoms with E-state index in [0.717, 1.165) is 18.1 Å². The molecule has 0 N–H and O–H groups in total. The van der Waals surface area contributed by atoms with E-state index >= 15 is 0 Å². The summed E-state index contributed by atoms with van der Waals surface area (Å²) in [5, 5.41) is 0.868. The summed E-state index contributed by atoms with van der Waals surface area (Å²) >= 11 is -1.59. The fraction of sp³-hybridized carbons (Fsp3) is 1.00. The molecule has 0 aliphatic carbocycles. The predicted octanol–water partition coefficient (Wildman–Crippen LogP) is 6.53. The molecule has 153 valence electrons. The van der Waals surface area contributed by atoms with Crippen LogP contribution in [0.2, 0.25) is 22.3 Å². The van der Waals surface area contributed by atoms with Gasteiger partial charge in [-0.05, 0) is 0 Å². The molecule has 0 aromatic rings. The summed E-state index contributed by atoms with van der Waals surface area (Å²) < 4.78 is 21.5. The van der Waals surface area contributed by atoms with Crippen molar-refractivity contribution in [2.24, 2.45) is 0 Å². The fourth-order valence-electron chi connectivity index (χ4n) is 2.58. The van der Waals surface area contributed by atoms with Crippen molar-refractivity contribution >= 4 is 21.4 Å². The van der Waals surface area contributed by atoms with E-state index in [1.807, 2.05) is 0 Å². The minimum absolute atomic E-state index is 0.258. The summed E-state index contributed by atoms with van der Waals surface area (Å²) in [6, 6.07) is 0. The standard InChI is InChI=1S/C19H43AsO4P/c1-5-6-7-8-9-10-11-12-13-14-15-16-18-23-25(21,22)24-19-17-20(2,3)4/h5-19H2,1-4H3,(H,21,22)/p-1. The average Bonchev–Trinajstić information content (AvgIpc) is 2.50. The third-order valence-corrected chi connectivity index (χ3v) is 8.45. The zero-order valence-electron chi connectivity index (χ0n) is 17.1. The van der Waals surface area contributed by atoms with Gasteiger partial charge in [0.25, 0.3) is 0 Å². The first-order valence-electron chi connectivity index (χ1n) is 10.2. The van der Waals surface area contributed by atoms with Crippen LogP contribution in [0.4, 0.5) is 0 Å². The Morgan fingerprint density at radius 3 is 1.56 bits per heavy atom. The van der Waals surface area contributed by atoms with Gasteiger partial charge in [0, 0.05) is 0 Å². The second-order valence-corrected chi connectivity index (χ2v) is 20.0. The van der Waals surface area contributed by atoms with Crippen molar-refractivity contribution in [2.75, 3.05) is 13.2 Å². The molecule has 0 aromatic heterocycles. The monoisotopic (exact) mass is 440 g/mol. The van der Waals surface area contributed by atoms with E-state index in [1.165, 1.54) is 64.2 Å². The van der Waals surface area contributed by atoms with Gasteiger partial charge in [-0.3, -0.25) is 0 Å². The first-order chi connectivity index (χ1) is 11.8. The van der Waals surface area contributed by atoms with Gasteiger partial charge in [0.05, 0.1) is 0 Å². The first-order valence-corrected chi connectivity index (χ1v) is 18.6. The summed E-state index contributed by atoms with van der Waals surface area (Å²) in [5.41, 5.74) is 6.68. The number of hydrogen-bond acceptors (Lipinski definition) is 4. The van der Waals surface area contributed by atoms with Gasteiger partial charge in [-0.15, -0.1) is 0 Å². The Bertz CT molecular complexity index is 345. The van der Waals surface area contributed by atoms with Crippen LogP contribution in [0.25, 0.3) is 0 Å². The van der Waals surface area contributed by atoms with Gasteiger partial charge in [-0.25, -0.2) is 0 Å². The molecule has 0 spiro atoms. The van der Waals surface area contributed by atoms with Gasteiger partial charge >= 0.3 is 114 Å². The third kappa shape index (κ3) is 20.8. The Morgan fingerprint density at radius 1 is 0.720 bits per heavy atom. The summed E-state index contributed by atoms with van der Waals surface area (Å²) in [6.07, 6.45) is 15.1. The molecule has 0 saturated carbocycles. The van der Waals surface area contributed by atoms with E-state index in [2.05, 4.69) is 24.1 Å². The SMILES string of the molecule is CCCCCCCCCCCCCCOP(=O)([O-])OCC[As](C)(C)C. The molecule has 0 amide bonds. The minimum atomic E-state index is -4.08. The molecule has 0 heterocycles. The van der Waals surface area contributed by atoms with Crippen molar-refractivity contribution < 1.29 is 18.5 Å². The summed E-state index contributed by atoms with van der Waals surface area (Å²) in [7, 11) is -4.08. The van der Waals surface area contributed by atoms with Gasteiger partial charge in [-0.2, -0.15) is 0 Å². The summed E-state index contributed by atoms with van der Waals surface area (Å²) in [4.78, 5) is 11.6. The van der Waals surface area contributed by atoms with Gasteiger partial charge < -0.3 is 0 Å². The van der Waals surface area contributed by atoms with Crippen molar-refractivity contribution in [3.05, 3.63) is 0 Å². The molecular weight excluding hydrogens is 398 g/mol. The zero-order chi connectivity index (χ0) is 19.0. The van der Waals surface area contributed by atoms with Crippen LogP contribution in [0.3, 0.4) is 0 Å². The molecule has 4 nitrogen and oxygen atoms in total. The Balaban J connectivity index is 3.35. The van der Waals surface area contributed by atoms with Crippen molar-refractivity contribution in [2.45, 2.75) is 106 Å². The van der Waals surface area contributed by atoms with Crippen molar-refractivity contribution in [1.29, 1.82) is 0 Å². The molecule has 0 rings (SSSR count). The van der Waals surface area contributed by atoms with Gasteiger partial charge in [-0.1, -0.05) is 45.4 Å². The van der Waals surface area contributed by atoms with E-state index in [1.54, 1.807) is 0 Å². The molecule has 1 atom stereocenters. The van der Waals surface area contributed by atoms with Crippen LogP contribution in [0, 0.1) is 0 Å². The topological polar surface area (TPSA) is 58.6 Å². The quantitative estimate of drug-likeness (QED) is 0.138. The van der Waals surface area contributed by atoms with Crippen LogP contribution >= 0.6 is 7.82 Å². The molecular formula is C19H42AsO4P-. The van der Waals surface area contributed by atoms with Crippen molar-refractivity contribution in [1.82, 2.24) is 0 Å². The van der Waals surface area contributed by atoms with Crippen LogP contribution in [-0.2, 0) is 13.6 Å². The maximum atomic E-state index is 11.6. The Hall–Kier alpha value is 0.668. The Labute approximate surface area is 159 Å². The molecule has 0 aromatic carbocycles. The second kappa shape index (κ2) is 15.7. The summed E-state index contributed by atoms with van der Waals surface area (Å²) in [5.74, 6) is 0. The van der Waals surface area contributed by atoms with Crippen molar-refractivity contribution in [3.8, 4) is 0 Å². The molecule has 0 saturated heterocycles. The van der Waals surface area contributed by atoms with E-state index < -0.39 is 21.4 Å². The Kier molecular flexibility index (Phi) is 16.1. The van der Waals surface area contributed by atoms with Crippen LogP contribution in [0.5, 0.6) is 0 Å². The maximum absolute atomic E-state index is 11.6. The molecule has 0 bridgehead atoms. The number of phosphoric ester groups is 1. The van der Waals surface area contributed by atoms with E-state index in [4.69, 9.17) is 9.05 Å².